The second-order valence-corrected chi connectivity index (χ2v) is 10.0. The number of carbonyl (C=O) groups excluding carboxylic acids is 2. The van der Waals surface area contributed by atoms with Crippen molar-refractivity contribution in [3.63, 3.8) is 0 Å². The van der Waals surface area contributed by atoms with Crippen LogP contribution in [0.4, 0.5) is 5.69 Å². The van der Waals surface area contributed by atoms with Crippen molar-refractivity contribution in [3.8, 4) is 11.5 Å². The smallest absolute Gasteiger partial charge is 0.261 e. The molecule has 1 amide bonds. The summed E-state index contributed by atoms with van der Waals surface area (Å²) < 4.78 is 37.0. The summed E-state index contributed by atoms with van der Waals surface area (Å²) in [4.78, 5) is 29.4. The third kappa shape index (κ3) is 7.94. The fraction of sp³-hybridized carbons (Fsp3) is 0.440. The number of hydrogen-bond donors (Lipinski definition) is 2. The number of carbonyl (C=O) groups is 2. The number of fused-ring (bicyclic) bond motifs is 1. The van der Waals surface area contributed by atoms with E-state index in [2.05, 4.69) is 21.2 Å². The Bertz CT molecular complexity index is 1150. The van der Waals surface area contributed by atoms with Crippen LogP contribution < -0.4 is 19.7 Å². The summed E-state index contributed by atoms with van der Waals surface area (Å²) in [5.74, 6) is 1.17. The molecule has 0 spiro atoms. The predicted molar refractivity (Wildman–Crippen MR) is 137 cm³/mol. The summed E-state index contributed by atoms with van der Waals surface area (Å²) in [7, 11) is -1.96. The lowest BCUT2D eigenvalue weighted by Gasteiger charge is -2.36. The summed E-state index contributed by atoms with van der Waals surface area (Å²) in [6.07, 6.45) is 1.95. The highest BCUT2D eigenvalue weighted by atomic mass is 32.2. The number of rotatable bonds is 7. The van der Waals surface area contributed by atoms with Crippen LogP contribution in [0.3, 0.4) is 0 Å². The number of amides is 1. The van der Waals surface area contributed by atoms with Gasteiger partial charge < -0.3 is 19.7 Å². The van der Waals surface area contributed by atoms with Crippen LogP contribution >= 0.6 is 0 Å². The molecule has 0 atom stereocenters. The number of nitrogens with zero attached hydrogens (tertiary/aromatic N) is 2. The summed E-state index contributed by atoms with van der Waals surface area (Å²) in [6, 6.07) is 13.3. The highest BCUT2D eigenvalue weighted by Gasteiger charge is 2.24. The molecule has 2 aliphatic rings. The minimum absolute atomic E-state index is 0.0307. The minimum Gasteiger partial charge on any atom is -0.495 e. The molecule has 2 aromatic carbocycles. The first kappa shape index (κ1) is 27.4. The molecule has 0 bridgehead atoms. The molecule has 2 N–H and O–H groups in total. The Balaban J connectivity index is 0.000000658. The molecule has 0 unspecified atom stereocenters. The number of nitrogens with one attached hydrogen (secondary N) is 1. The summed E-state index contributed by atoms with van der Waals surface area (Å²) in [5, 5.41) is 2.97. The molecule has 0 aromatic heterocycles. The van der Waals surface area contributed by atoms with Crippen molar-refractivity contribution in [3.05, 3.63) is 53.6 Å². The molecule has 1 saturated heterocycles. The van der Waals surface area contributed by atoms with Gasteiger partial charge in [-0.1, -0.05) is 18.2 Å². The molecule has 196 valence electrons. The average Bonchev–Trinajstić information content (AvgIpc) is 2.86. The first-order valence-electron chi connectivity index (χ1n) is 11.8. The molecule has 2 aromatic rings. The maximum absolute atomic E-state index is 12.6. The van der Waals surface area contributed by atoms with Crippen molar-refractivity contribution in [2.45, 2.75) is 12.8 Å². The molecular formula is C25H33N3O7S. The molecule has 0 aliphatic carbocycles. The van der Waals surface area contributed by atoms with Gasteiger partial charge in [0.1, 0.15) is 11.5 Å². The maximum Gasteiger partial charge on any atom is 0.261 e. The van der Waals surface area contributed by atoms with Crippen LogP contribution in [-0.4, -0.2) is 88.8 Å². The Labute approximate surface area is 211 Å². The van der Waals surface area contributed by atoms with E-state index in [0.29, 0.717) is 42.7 Å². The average molecular weight is 520 g/mol. The molecule has 0 radical (unpaired) electrons. The number of benzene rings is 2. The molecule has 36 heavy (non-hydrogen) atoms. The van der Waals surface area contributed by atoms with Gasteiger partial charge in [-0.15, -0.1) is 0 Å². The zero-order valence-corrected chi connectivity index (χ0v) is 21.4. The molecule has 10 nitrogen and oxygen atoms in total. The topological polar surface area (TPSA) is 125 Å². The quantitative estimate of drug-likeness (QED) is 0.418. The van der Waals surface area contributed by atoms with Crippen molar-refractivity contribution in [1.29, 1.82) is 0 Å². The van der Waals surface area contributed by atoms with E-state index < -0.39 is 10.1 Å². The van der Waals surface area contributed by atoms with Crippen molar-refractivity contribution < 1.29 is 32.0 Å². The summed E-state index contributed by atoms with van der Waals surface area (Å²) >= 11 is 0. The van der Waals surface area contributed by atoms with Crippen LogP contribution in [0.5, 0.6) is 11.5 Å². The summed E-state index contributed by atoms with van der Waals surface area (Å²) in [6.45, 7) is 5.72. The van der Waals surface area contributed by atoms with Crippen molar-refractivity contribution in [2.75, 3.05) is 64.1 Å². The Morgan fingerprint density at radius 1 is 1.11 bits per heavy atom. The van der Waals surface area contributed by atoms with Gasteiger partial charge in [0.15, 0.2) is 5.78 Å². The molecule has 4 rings (SSSR count). The zero-order valence-electron chi connectivity index (χ0n) is 20.6. The van der Waals surface area contributed by atoms with E-state index in [1.807, 2.05) is 18.2 Å². The van der Waals surface area contributed by atoms with Crippen molar-refractivity contribution >= 4 is 27.5 Å². The molecule has 2 heterocycles. The van der Waals surface area contributed by atoms with E-state index >= 15 is 0 Å². The molecule has 1 fully saturated rings. The summed E-state index contributed by atoms with van der Waals surface area (Å²) in [5.41, 5.74) is 2.09. The van der Waals surface area contributed by atoms with E-state index in [-0.39, 0.29) is 11.7 Å². The maximum atomic E-state index is 12.6. The van der Waals surface area contributed by atoms with Crippen LogP contribution in [-0.2, 0) is 10.1 Å². The number of piperazine rings is 1. The number of ketones is 1. The van der Waals surface area contributed by atoms with E-state index in [0.717, 1.165) is 50.6 Å². The second kappa shape index (κ2) is 12.7. The van der Waals surface area contributed by atoms with Gasteiger partial charge in [0, 0.05) is 39.1 Å². The Morgan fingerprint density at radius 2 is 1.81 bits per heavy atom. The van der Waals surface area contributed by atoms with Crippen LogP contribution in [0.15, 0.2) is 42.5 Å². The number of methoxy groups -OCH3 is 1. The number of anilines is 1. The van der Waals surface area contributed by atoms with E-state index in [1.54, 1.807) is 25.3 Å². The SMILES string of the molecule is COc1ccccc1N1CCN(CCCNC(=O)c2cccc3c2OCCC3=O)CC1.CS(=O)(=O)O. The minimum atomic E-state index is -3.67. The lowest BCUT2D eigenvalue weighted by atomic mass is 10.0. The van der Waals surface area contributed by atoms with Gasteiger partial charge in [0.25, 0.3) is 16.0 Å². The van der Waals surface area contributed by atoms with Gasteiger partial charge in [-0.05, 0) is 37.2 Å². The highest BCUT2D eigenvalue weighted by Crippen LogP contribution is 2.29. The molecule has 0 saturated carbocycles. The number of hydrogen-bond acceptors (Lipinski definition) is 8. The predicted octanol–water partition coefficient (Wildman–Crippen LogP) is 2.11. The van der Waals surface area contributed by atoms with Gasteiger partial charge in [0.2, 0.25) is 0 Å². The van der Waals surface area contributed by atoms with Crippen LogP contribution in [0, 0.1) is 0 Å². The third-order valence-corrected chi connectivity index (χ3v) is 5.87. The molecule has 11 heteroatoms. The lowest BCUT2D eigenvalue weighted by Crippen LogP contribution is -2.47. The number of para-hydroxylation sites is 3. The normalized spacial score (nSPS) is 15.8. The molecule has 2 aliphatic heterocycles. The fourth-order valence-electron chi connectivity index (χ4n) is 4.17. The standard InChI is InChI=1S/C24H29N3O4.CH4O3S/c1-30-22-9-3-2-8-20(22)27-15-13-26(14-16-27)12-5-11-25-24(29)19-7-4-6-18-21(28)10-17-31-23(18)19;1-5(2,3)4/h2-4,6-9H,5,10-17H2,1H3,(H,25,29);1H3,(H,2,3,4). The third-order valence-electron chi connectivity index (χ3n) is 5.87. The van der Waals surface area contributed by atoms with E-state index in [9.17, 15) is 18.0 Å². The fourth-order valence-corrected chi connectivity index (χ4v) is 4.17. The highest BCUT2D eigenvalue weighted by molar-refractivity contribution is 7.85. The van der Waals surface area contributed by atoms with Crippen LogP contribution in [0.2, 0.25) is 0 Å². The largest absolute Gasteiger partial charge is 0.495 e. The van der Waals surface area contributed by atoms with Crippen molar-refractivity contribution in [2.24, 2.45) is 0 Å². The number of ether oxygens (including phenoxy) is 2. The monoisotopic (exact) mass is 519 g/mol. The Kier molecular flexibility index (Phi) is 9.68. The van der Waals surface area contributed by atoms with Gasteiger partial charge in [-0.25, -0.2) is 0 Å². The number of Topliss-reactive ketones (excluding diaryl/α,β-unsaturated/α-hetero) is 1. The van der Waals surface area contributed by atoms with E-state index in [1.165, 1.54) is 0 Å². The van der Waals surface area contributed by atoms with Crippen LogP contribution in [0.25, 0.3) is 0 Å². The Hall–Kier alpha value is -3.15. The lowest BCUT2D eigenvalue weighted by molar-refractivity contribution is 0.0923. The first-order chi connectivity index (χ1) is 17.2. The van der Waals surface area contributed by atoms with Gasteiger partial charge in [-0.2, -0.15) is 8.42 Å². The van der Waals surface area contributed by atoms with E-state index in [4.69, 9.17) is 14.0 Å². The first-order valence-corrected chi connectivity index (χ1v) is 13.6. The molecular weight excluding hydrogens is 486 g/mol. The van der Waals surface area contributed by atoms with Gasteiger partial charge in [0.05, 0.1) is 36.8 Å². The second-order valence-electron chi connectivity index (χ2n) is 8.55. The van der Waals surface area contributed by atoms with Crippen molar-refractivity contribution in [1.82, 2.24) is 10.2 Å². The zero-order chi connectivity index (χ0) is 26.1. The van der Waals surface area contributed by atoms with Gasteiger partial charge >= 0.3 is 0 Å². The van der Waals surface area contributed by atoms with Crippen LogP contribution in [0.1, 0.15) is 33.6 Å². The Morgan fingerprint density at radius 3 is 2.50 bits per heavy atom. The van der Waals surface area contributed by atoms with Gasteiger partial charge in [-0.3, -0.25) is 19.0 Å².